The summed E-state index contributed by atoms with van der Waals surface area (Å²) in [5, 5.41) is 2.72. The second-order valence-electron chi connectivity index (χ2n) is 6.48. The van der Waals surface area contributed by atoms with Crippen molar-refractivity contribution in [3.05, 3.63) is 0 Å². The maximum Gasteiger partial charge on any atom is 0.407 e. The number of rotatable bonds is 7. The van der Waals surface area contributed by atoms with Crippen LogP contribution in [0.3, 0.4) is 0 Å². The molecule has 0 aromatic heterocycles. The van der Waals surface area contributed by atoms with Crippen LogP contribution in [0, 0.1) is 0 Å². The highest BCUT2D eigenvalue weighted by Crippen LogP contribution is 2.17. The van der Waals surface area contributed by atoms with Crippen molar-refractivity contribution < 1.29 is 14.3 Å². The topological polar surface area (TPSA) is 58.6 Å². The van der Waals surface area contributed by atoms with Crippen LogP contribution in [0.25, 0.3) is 0 Å². The number of nitrogens with zero attached hydrogens (tertiary/aromatic N) is 1. The van der Waals surface area contributed by atoms with Gasteiger partial charge in [0, 0.05) is 26.1 Å². The van der Waals surface area contributed by atoms with Crippen molar-refractivity contribution in [3.63, 3.8) is 0 Å². The van der Waals surface area contributed by atoms with Gasteiger partial charge in [-0.15, -0.1) is 11.6 Å². The van der Waals surface area contributed by atoms with Crippen LogP contribution in [0.1, 0.15) is 52.9 Å². The Labute approximate surface area is 132 Å². The summed E-state index contributed by atoms with van der Waals surface area (Å²) < 4.78 is 5.15. The Morgan fingerprint density at radius 2 is 2.00 bits per heavy atom. The molecule has 5 nitrogen and oxygen atoms in total. The zero-order chi connectivity index (χ0) is 15.9. The molecule has 1 fully saturated rings. The summed E-state index contributed by atoms with van der Waals surface area (Å²) in [5.41, 5.74) is -0.452. The fourth-order valence-corrected chi connectivity index (χ4v) is 2.52. The van der Waals surface area contributed by atoms with Gasteiger partial charge in [-0.3, -0.25) is 4.79 Å². The molecular formula is C15H27ClN2O3. The summed E-state index contributed by atoms with van der Waals surface area (Å²) >= 11 is 5.94. The Kier molecular flexibility index (Phi) is 7.29. The Morgan fingerprint density at radius 3 is 2.57 bits per heavy atom. The molecule has 122 valence electrons. The maximum absolute atomic E-state index is 11.5. The number of amides is 2. The Bertz CT molecular complexity index is 355. The zero-order valence-electron chi connectivity index (χ0n) is 13.3. The molecule has 0 radical (unpaired) electrons. The Morgan fingerprint density at radius 1 is 1.33 bits per heavy atom. The van der Waals surface area contributed by atoms with Crippen LogP contribution < -0.4 is 5.32 Å². The highest BCUT2D eigenvalue weighted by molar-refractivity contribution is 6.22. The van der Waals surface area contributed by atoms with Gasteiger partial charge in [-0.05, 0) is 33.6 Å². The third kappa shape index (κ3) is 8.15. The minimum Gasteiger partial charge on any atom is -0.444 e. The molecule has 0 saturated carbocycles. The largest absolute Gasteiger partial charge is 0.444 e. The molecule has 1 aliphatic heterocycles. The molecule has 0 aliphatic carbocycles. The number of unbranched alkanes of at least 4 members (excludes halogenated alkanes) is 3. The Hall–Kier alpha value is -0.970. The number of carbonyl (C=O) groups excluding carboxylic acids is 2. The summed E-state index contributed by atoms with van der Waals surface area (Å²) in [6.45, 7) is 7.64. The molecule has 0 bridgehead atoms. The molecule has 0 aromatic rings. The van der Waals surface area contributed by atoms with E-state index in [4.69, 9.17) is 16.3 Å². The molecule has 1 atom stereocenters. The van der Waals surface area contributed by atoms with Gasteiger partial charge in [0.2, 0.25) is 5.91 Å². The first kappa shape index (κ1) is 18.1. The predicted octanol–water partition coefficient (Wildman–Crippen LogP) is 2.91. The lowest BCUT2D eigenvalue weighted by atomic mass is 10.2. The minimum absolute atomic E-state index is 0.0180. The first-order valence-corrected chi connectivity index (χ1v) is 8.10. The number of likely N-dealkylation sites (tertiary alicyclic amines) is 1. The SMILES string of the molecule is CC(C)(C)OC(=O)NCCCCCCN1CC(Cl)CC1=O. The molecule has 0 spiro atoms. The van der Waals surface area contributed by atoms with E-state index >= 15 is 0 Å². The fourth-order valence-electron chi connectivity index (χ4n) is 2.23. The average Bonchev–Trinajstić information content (AvgIpc) is 2.64. The second-order valence-corrected chi connectivity index (χ2v) is 7.10. The fraction of sp³-hybridized carbons (Fsp3) is 0.867. The number of hydrogen-bond donors (Lipinski definition) is 1. The molecule has 21 heavy (non-hydrogen) atoms. The first-order valence-electron chi connectivity index (χ1n) is 7.66. The molecular weight excluding hydrogens is 292 g/mol. The predicted molar refractivity (Wildman–Crippen MR) is 83.5 cm³/mol. The monoisotopic (exact) mass is 318 g/mol. The molecule has 1 rings (SSSR count). The number of alkyl halides is 1. The van der Waals surface area contributed by atoms with Crippen LogP contribution in [-0.2, 0) is 9.53 Å². The lowest BCUT2D eigenvalue weighted by Gasteiger charge is -2.19. The summed E-state index contributed by atoms with van der Waals surface area (Å²) in [6.07, 6.45) is 4.10. The van der Waals surface area contributed by atoms with Gasteiger partial charge in [0.1, 0.15) is 5.60 Å². The van der Waals surface area contributed by atoms with Crippen LogP contribution in [0.2, 0.25) is 0 Å². The van der Waals surface area contributed by atoms with E-state index in [1.165, 1.54) is 0 Å². The lowest BCUT2D eigenvalue weighted by Crippen LogP contribution is -2.33. The van der Waals surface area contributed by atoms with Crippen LogP contribution in [0.15, 0.2) is 0 Å². The van der Waals surface area contributed by atoms with Gasteiger partial charge >= 0.3 is 6.09 Å². The lowest BCUT2D eigenvalue weighted by molar-refractivity contribution is -0.127. The van der Waals surface area contributed by atoms with Crippen LogP contribution in [-0.4, -0.2) is 47.5 Å². The van der Waals surface area contributed by atoms with Crippen molar-refractivity contribution in [2.75, 3.05) is 19.6 Å². The third-order valence-electron chi connectivity index (χ3n) is 3.19. The summed E-state index contributed by atoms with van der Waals surface area (Å²) in [5.74, 6) is 0.168. The van der Waals surface area contributed by atoms with Gasteiger partial charge < -0.3 is 15.0 Å². The number of ether oxygens (including phenoxy) is 1. The number of alkyl carbamates (subject to hydrolysis) is 1. The number of carbonyl (C=O) groups is 2. The van der Waals surface area contributed by atoms with Crippen molar-refractivity contribution in [2.45, 2.75) is 63.9 Å². The molecule has 1 saturated heterocycles. The van der Waals surface area contributed by atoms with E-state index < -0.39 is 5.60 Å². The van der Waals surface area contributed by atoms with Crippen molar-refractivity contribution >= 4 is 23.6 Å². The maximum atomic E-state index is 11.5. The van der Waals surface area contributed by atoms with Crippen LogP contribution >= 0.6 is 11.6 Å². The summed E-state index contributed by atoms with van der Waals surface area (Å²) in [6, 6.07) is 0. The smallest absolute Gasteiger partial charge is 0.407 e. The molecule has 2 amide bonds. The van der Waals surface area contributed by atoms with E-state index in [9.17, 15) is 9.59 Å². The first-order chi connectivity index (χ1) is 9.78. The zero-order valence-corrected chi connectivity index (χ0v) is 14.0. The molecule has 0 aromatic carbocycles. The van der Waals surface area contributed by atoms with Crippen LogP contribution in [0.5, 0.6) is 0 Å². The molecule has 1 N–H and O–H groups in total. The van der Waals surface area contributed by atoms with E-state index in [1.807, 2.05) is 25.7 Å². The Balaban J connectivity index is 1.96. The summed E-state index contributed by atoms with van der Waals surface area (Å²) in [7, 11) is 0. The number of nitrogens with one attached hydrogen (secondary N) is 1. The van der Waals surface area contributed by atoms with Crippen LogP contribution in [0.4, 0.5) is 4.79 Å². The van der Waals surface area contributed by atoms with E-state index in [2.05, 4.69) is 5.32 Å². The molecule has 1 aliphatic rings. The highest BCUT2D eigenvalue weighted by Gasteiger charge is 2.27. The standard InChI is InChI=1S/C15H27ClN2O3/c1-15(2,3)21-14(20)17-8-6-4-5-7-9-18-11-12(16)10-13(18)19/h12H,4-11H2,1-3H3,(H,17,20). The van der Waals surface area contributed by atoms with E-state index in [0.717, 1.165) is 32.2 Å². The van der Waals surface area contributed by atoms with Gasteiger partial charge in [0.05, 0.1) is 5.38 Å². The van der Waals surface area contributed by atoms with Gasteiger partial charge in [-0.25, -0.2) is 4.79 Å². The van der Waals surface area contributed by atoms with Crippen molar-refractivity contribution in [3.8, 4) is 0 Å². The minimum atomic E-state index is -0.452. The quantitative estimate of drug-likeness (QED) is 0.580. The van der Waals surface area contributed by atoms with Gasteiger partial charge in [-0.1, -0.05) is 12.8 Å². The summed E-state index contributed by atoms with van der Waals surface area (Å²) in [4.78, 5) is 24.8. The van der Waals surface area contributed by atoms with E-state index in [0.29, 0.717) is 19.5 Å². The van der Waals surface area contributed by atoms with E-state index in [1.54, 1.807) is 0 Å². The second kappa shape index (κ2) is 8.47. The van der Waals surface area contributed by atoms with Gasteiger partial charge in [0.25, 0.3) is 0 Å². The van der Waals surface area contributed by atoms with Gasteiger partial charge in [0.15, 0.2) is 0 Å². The van der Waals surface area contributed by atoms with Gasteiger partial charge in [-0.2, -0.15) is 0 Å². The van der Waals surface area contributed by atoms with Crippen molar-refractivity contribution in [2.24, 2.45) is 0 Å². The number of halogens is 1. The number of hydrogen-bond acceptors (Lipinski definition) is 3. The third-order valence-corrected chi connectivity index (χ3v) is 3.48. The van der Waals surface area contributed by atoms with Crippen molar-refractivity contribution in [1.82, 2.24) is 10.2 Å². The highest BCUT2D eigenvalue weighted by atomic mass is 35.5. The normalized spacial score (nSPS) is 19.0. The molecule has 6 heteroatoms. The van der Waals surface area contributed by atoms with E-state index in [-0.39, 0.29) is 17.4 Å². The van der Waals surface area contributed by atoms with Crippen molar-refractivity contribution in [1.29, 1.82) is 0 Å². The molecule has 1 heterocycles. The molecule has 1 unspecified atom stereocenters. The average molecular weight is 319 g/mol.